The third-order valence-corrected chi connectivity index (χ3v) is 3.45. The first-order valence-corrected chi connectivity index (χ1v) is 5.84. The molecule has 2 aliphatic rings. The Morgan fingerprint density at radius 3 is 2.81 bits per heavy atom. The second kappa shape index (κ2) is 6.42. The van der Waals surface area contributed by atoms with Gasteiger partial charge in [0.1, 0.15) is 0 Å². The smallest absolute Gasteiger partial charge is 0.227 e. The average Bonchev–Trinajstić information content (AvgIpc) is 2.82. The van der Waals surface area contributed by atoms with Crippen LogP contribution in [0.3, 0.4) is 0 Å². The Balaban J connectivity index is 0.00000128. The maximum atomic E-state index is 12.1. The van der Waals surface area contributed by atoms with Crippen LogP contribution in [0.5, 0.6) is 0 Å². The molecule has 1 N–H and O–H groups in total. The van der Waals surface area contributed by atoms with E-state index in [0.717, 1.165) is 39.0 Å². The lowest BCUT2D eigenvalue weighted by molar-refractivity contribution is -0.136. The molecule has 0 aliphatic carbocycles. The van der Waals surface area contributed by atoms with Crippen LogP contribution < -0.4 is 5.32 Å². The van der Waals surface area contributed by atoms with E-state index in [1.807, 2.05) is 11.9 Å². The molecule has 0 aromatic carbocycles. The number of likely N-dealkylation sites (N-methyl/N-ethyl adjacent to an activating group) is 1. The highest BCUT2D eigenvalue weighted by Gasteiger charge is 2.29. The van der Waals surface area contributed by atoms with E-state index < -0.39 is 0 Å². The molecule has 2 atom stereocenters. The predicted octanol–water partition coefficient (Wildman–Crippen LogP) is 0.655. The number of hydrogen-bond acceptors (Lipinski definition) is 3. The van der Waals surface area contributed by atoms with Gasteiger partial charge >= 0.3 is 0 Å². The van der Waals surface area contributed by atoms with Crippen molar-refractivity contribution in [1.82, 2.24) is 10.2 Å². The standard InChI is InChI=1S/C11H20N2O2.ClH/c1-13(10-4-6-15-8-10)11(14)9-3-2-5-12-7-9;/h9-10,12H,2-8H2,1H3;1H/t9-,10?;/m1./s1. The summed E-state index contributed by atoms with van der Waals surface area (Å²) < 4.78 is 5.31. The van der Waals surface area contributed by atoms with E-state index in [2.05, 4.69) is 5.32 Å². The molecule has 0 bridgehead atoms. The molecule has 2 saturated heterocycles. The van der Waals surface area contributed by atoms with Gasteiger partial charge in [0.2, 0.25) is 5.91 Å². The van der Waals surface area contributed by atoms with Gasteiger partial charge in [0.05, 0.1) is 18.6 Å². The van der Waals surface area contributed by atoms with Crippen molar-refractivity contribution in [2.24, 2.45) is 5.92 Å². The number of hydrogen-bond donors (Lipinski definition) is 1. The van der Waals surface area contributed by atoms with Crippen molar-refractivity contribution >= 4 is 18.3 Å². The highest BCUT2D eigenvalue weighted by molar-refractivity contribution is 5.85. The van der Waals surface area contributed by atoms with Crippen molar-refractivity contribution in [2.75, 3.05) is 33.4 Å². The molecule has 2 aliphatic heterocycles. The van der Waals surface area contributed by atoms with E-state index in [1.165, 1.54) is 0 Å². The van der Waals surface area contributed by atoms with Gasteiger partial charge < -0.3 is 15.0 Å². The summed E-state index contributed by atoms with van der Waals surface area (Å²) >= 11 is 0. The first-order chi connectivity index (χ1) is 7.29. The maximum absolute atomic E-state index is 12.1. The summed E-state index contributed by atoms with van der Waals surface area (Å²) in [6, 6.07) is 0.305. The summed E-state index contributed by atoms with van der Waals surface area (Å²) in [6.07, 6.45) is 3.14. The number of carbonyl (C=O) groups excluding carboxylic acids is 1. The van der Waals surface area contributed by atoms with E-state index in [4.69, 9.17) is 4.74 Å². The van der Waals surface area contributed by atoms with Crippen LogP contribution in [-0.2, 0) is 9.53 Å². The lowest BCUT2D eigenvalue weighted by Crippen LogP contribution is -2.45. The number of rotatable bonds is 2. The number of nitrogens with one attached hydrogen (secondary N) is 1. The van der Waals surface area contributed by atoms with Crippen LogP contribution in [0.2, 0.25) is 0 Å². The van der Waals surface area contributed by atoms with Crippen molar-refractivity contribution in [3.8, 4) is 0 Å². The van der Waals surface area contributed by atoms with Crippen LogP contribution in [0, 0.1) is 5.92 Å². The van der Waals surface area contributed by atoms with E-state index in [1.54, 1.807) is 0 Å². The quantitative estimate of drug-likeness (QED) is 0.781. The molecule has 0 aromatic heterocycles. The van der Waals surface area contributed by atoms with Gasteiger partial charge in [-0.3, -0.25) is 4.79 Å². The van der Waals surface area contributed by atoms with Crippen LogP contribution in [-0.4, -0.2) is 50.2 Å². The van der Waals surface area contributed by atoms with Gasteiger partial charge in [0.25, 0.3) is 0 Å². The molecular weight excluding hydrogens is 228 g/mol. The molecule has 2 rings (SSSR count). The summed E-state index contributed by atoms with van der Waals surface area (Å²) in [6.45, 7) is 3.41. The minimum absolute atomic E-state index is 0. The monoisotopic (exact) mass is 248 g/mol. The Labute approximate surface area is 103 Å². The lowest BCUT2D eigenvalue weighted by atomic mass is 9.97. The first-order valence-electron chi connectivity index (χ1n) is 5.84. The molecule has 4 nitrogen and oxygen atoms in total. The summed E-state index contributed by atoms with van der Waals surface area (Å²) in [5.41, 5.74) is 0. The molecule has 0 aromatic rings. The van der Waals surface area contributed by atoms with Crippen molar-refractivity contribution in [2.45, 2.75) is 25.3 Å². The van der Waals surface area contributed by atoms with Gasteiger partial charge in [-0.1, -0.05) is 0 Å². The normalized spacial score (nSPS) is 29.6. The Morgan fingerprint density at radius 2 is 2.25 bits per heavy atom. The van der Waals surface area contributed by atoms with Crippen LogP contribution >= 0.6 is 12.4 Å². The number of halogens is 1. The summed E-state index contributed by atoms with van der Waals surface area (Å²) in [4.78, 5) is 14.0. The minimum atomic E-state index is 0. The zero-order chi connectivity index (χ0) is 10.7. The van der Waals surface area contributed by atoms with Crippen LogP contribution in [0.1, 0.15) is 19.3 Å². The molecular formula is C11H21ClN2O2. The topological polar surface area (TPSA) is 41.6 Å². The van der Waals surface area contributed by atoms with E-state index in [9.17, 15) is 4.79 Å². The Kier molecular flexibility index (Phi) is 5.52. The average molecular weight is 249 g/mol. The summed E-state index contributed by atoms with van der Waals surface area (Å²) in [5, 5.41) is 3.28. The maximum Gasteiger partial charge on any atom is 0.227 e. The molecule has 94 valence electrons. The summed E-state index contributed by atoms with van der Waals surface area (Å²) in [7, 11) is 1.91. The Hall–Kier alpha value is -0.320. The lowest BCUT2D eigenvalue weighted by Gasteiger charge is -2.30. The largest absolute Gasteiger partial charge is 0.379 e. The molecule has 0 radical (unpaired) electrons. The van der Waals surface area contributed by atoms with E-state index in [-0.39, 0.29) is 24.2 Å². The molecule has 2 fully saturated rings. The number of carbonyl (C=O) groups is 1. The van der Waals surface area contributed by atoms with Gasteiger partial charge in [0.15, 0.2) is 0 Å². The van der Waals surface area contributed by atoms with Gasteiger partial charge in [-0.15, -0.1) is 12.4 Å². The number of amides is 1. The van der Waals surface area contributed by atoms with Gasteiger partial charge in [-0.05, 0) is 25.8 Å². The number of nitrogens with zero attached hydrogens (tertiary/aromatic N) is 1. The molecule has 1 amide bonds. The van der Waals surface area contributed by atoms with Gasteiger partial charge in [-0.25, -0.2) is 0 Å². The minimum Gasteiger partial charge on any atom is -0.379 e. The van der Waals surface area contributed by atoms with Crippen LogP contribution in [0.15, 0.2) is 0 Å². The first kappa shape index (κ1) is 13.7. The highest BCUT2D eigenvalue weighted by Crippen LogP contribution is 2.17. The summed E-state index contributed by atoms with van der Waals surface area (Å²) in [5.74, 6) is 0.474. The van der Waals surface area contributed by atoms with E-state index >= 15 is 0 Å². The number of piperidine rings is 1. The third kappa shape index (κ3) is 3.09. The Bertz CT molecular complexity index is 226. The second-order valence-corrected chi connectivity index (χ2v) is 4.51. The van der Waals surface area contributed by atoms with Gasteiger partial charge in [0, 0.05) is 20.2 Å². The third-order valence-electron chi connectivity index (χ3n) is 3.45. The van der Waals surface area contributed by atoms with Crippen LogP contribution in [0.25, 0.3) is 0 Å². The van der Waals surface area contributed by atoms with Crippen molar-refractivity contribution in [3.63, 3.8) is 0 Å². The fourth-order valence-electron chi connectivity index (χ4n) is 2.36. The molecule has 0 saturated carbocycles. The molecule has 2 heterocycles. The molecule has 5 heteroatoms. The number of ether oxygens (including phenoxy) is 1. The van der Waals surface area contributed by atoms with Crippen molar-refractivity contribution in [3.05, 3.63) is 0 Å². The zero-order valence-corrected chi connectivity index (χ0v) is 10.6. The molecule has 1 unspecified atom stereocenters. The highest BCUT2D eigenvalue weighted by atomic mass is 35.5. The molecule has 0 spiro atoms. The van der Waals surface area contributed by atoms with Crippen molar-refractivity contribution in [1.29, 1.82) is 0 Å². The van der Waals surface area contributed by atoms with Crippen LogP contribution in [0.4, 0.5) is 0 Å². The fraction of sp³-hybridized carbons (Fsp3) is 0.909. The Morgan fingerprint density at radius 1 is 1.44 bits per heavy atom. The predicted molar refractivity (Wildman–Crippen MR) is 64.8 cm³/mol. The fourth-order valence-corrected chi connectivity index (χ4v) is 2.36. The second-order valence-electron chi connectivity index (χ2n) is 4.51. The zero-order valence-electron chi connectivity index (χ0n) is 9.78. The molecule has 16 heavy (non-hydrogen) atoms. The SMILES string of the molecule is CN(C(=O)[C@@H]1CCCNC1)C1CCOC1.Cl. The van der Waals surface area contributed by atoms with E-state index in [0.29, 0.717) is 12.6 Å². The van der Waals surface area contributed by atoms with Gasteiger partial charge in [-0.2, -0.15) is 0 Å². The van der Waals surface area contributed by atoms with Crippen molar-refractivity contribution < 1.29 is 9.53 Å².